The van der Waals surface area contributed by atoms with Crippen molar-refractivity contribution in [3.05, 3.63) is 24.3 Å². The Hall–Kier alpha value is -3.05. The van der Waals surface area contributed by atoms with Crippen LogP contribution in [-0.4, -0.2) is 76.7 Å². The second-order valence-corrected chi connectivity index (χ2v) is 7.20. The minimum Gasteiger partial charge on any atom is -0.478 e. The zero-order chi connectivity index (χ0) is 33.9. The van der Waals surface area contributed by atoms with Gasteiger partial charge >= 0.3 is 71.6 Å². The fourth-order valence-electron chi connectivity index (χ4n) is 2.03. The summed E-state index contributed by atoms with van der Waals surface area (Å²) in [5.74, 6) is -77.3. The van der Waals surface area contributed by atoms with Crippen molar-refractivity contribution < 1.29 is 112 Å². The first-order chi connectivity index (χ1) is 17.5. The van der Waals surface area contributed by atoms with Crippen LogP contribution in [0.1, 0.15) is 0 Å². The van der Waals surface area contributed by atoms with Gasteiger partial charge in [-0.05, 0) is 6.08 Å². The van der Waals surface area contributed by atoms with Gasteiger partial charge in [0.25, 0.3) is 0 Å². The maximum atomic E-state index is 13.7. The van der Waals surface area contributed by atoms with Crippen LogP contribution in [0.4, 0.5) is 92.2 Å². The zero-order valence-corrected chi connectivity index (χ0v) is 18.0. The minimum atomic E-state index is -9.34. The number of hydrogen-bond donors (Lipinski definition) is 1. The quantitative estimate of drug-likeness (QED) is 0.106. The summed E-state index contributed by atoms with van der Waals surface area (Å²) in [5.41, 5.74) is -1.85. The largest absolute Gasteiger partial charge is 0.478 e. The van der Waals surface area contributed by atoms with Crippen LogP contribution in [0, 0.1) is 0 Å². The van der Waals surface area contributed by atoms with Crippen LogP contribution < -0.4 is 0 Å². The van der Waals surface area contributed by atoms with E-state index in [9.17, 15) is 102 Å². The van der Waals surface area contributed by atoms with Gasteiger partial charge in [-0.2, -0.15) is 92.2 Å². The Morgan fingerprint density at radius 1 is 0.488 bits per heavy atom. The molecule has 0 aliphatic rings. The molecular weight excluding hydrogens is 655 g/mol. The standard InChI is InChI=1S/C16H5F21O4/c1-4(2-3-5(38)39)6(40)41-16(36,37)14(31,32)12(27,28)10(23,24)8(19,20)7(17,18)9(21,22)11(25,26)13(29,30)15(33,34)35/h2-3H,1H2,(H,38,39). The Balaban J connectivity index is 6.94. The van der Waals surface area contributed by atoms with Crippen LogP contribution in [0.3, 0.4) is 0 Å². The number of ether oxygens (including phenoxy) is 1. The molecule has 0 atom stereocenters. The van der Waals surface area contributed by atoms with Gasteiger partial charge in [-0.15, -0.1) is 0 Å². The maximum absolute atomic E-state index is 13.7. The molecule has 0 radical (unpaired) electrons. The highest BCUT2D eigenvalue weighted by molar-refractivity contribution is 5.93. The number of carboxylic acid groups (broad SMARTS) is 1. The second-order valence-electron chi connectivity index (χ2n) is 7.20. The third kappa shape index (κ3) is 5.34. The highest BCUT2D eigenvalue weighted by atomic mass is 19.4. The minimum absolute atomic E-state index is 0.233. The van der Waals surface area contributed by atoms with E-state index in [0.29, 0.717) is 0 Å². The Bertz CT molecular complexity index is 1070. The highest BCUT2D eigenvalue weighted by Gasteiger charge is 2.98. The fourth-order valence-corrected chi connectivity index (χ4v) is 2.03. The molecule has 0 saturated carbocycles. The number of hydrogen-bond acceptors (Lipinski definition) is 3. The van der Waals surface area contributed by atoms with E-state index in [1.807, 2.05) is 0 Å². The molecule has 0 bridgehead atoms. The van der Waals surface area contributed by atoms with Crippen LogP contribution in [0.15, 0.2) is 24.3 Å². The summed E-state index contributed by atoms with van der Waals surface area (Å²) in [6, 6.07) is 0. The van der Waals surface area contributed by atoms with Gasteiger partial charge in [0.15, 0.2) is 0 Å². The Labute approximate surface area is 209 Å². The summed E-state index contributed by atoms with van der Waals surface area (Å²) in [7, 11) is 0. The molecular formula is C16H5F21O4. The van der Waals surface area contributed by atoms with E-state index in [-0.39, 0.29) is 12.2 Å². The predicted octanol–water partition coefficient (Wildman–Crippen LogP) is 6.96. The van der Waals surface area contributed by atoms with Crippen LogP contribution in [0.2, 0.25) is 0 Å². The molecule has 0 rings (SSSR count). The summed E-state index contributed by atoms with van der Waals surface area (Å²) < 4.78 is 280. The van der Waals surface area contributed by atoms with Gasteiger partial charge in [-0.25, -0.2) is 9.59 Å². The zero-order valence-electron chi connectivity index (χ0n) is 18.0. The molecule has 0 aliphatic carbocycles. The number of halogens is 21. The molecule has 0 unspecified atom stereocenters. The van der Waals surface area contributed by atoms with Crippen LogP contribution in [0.5, 0.6) is 0 Å². The van der Waals surface area contributed by atoms with E-state index < -0.39 is 77.2 Å². The molecule has 0 saturated heterocycles. The van der Waals surface area contributed by atoms with E-state index >= 15 is 0 Å². The maximum Gasteiger partial charge on any atom is 0.473 e. The summed E-state index contributed by atoms with van der Waals surface area (Å²) >= 11 is 0. The molecule has 4 nitrogen and oxygen atoms in total. The van der Waals surface area contributed by atoms with Gasteiger partial charge in [0, 0.05) is 6.08 Å². The van der Waals surface area contributed by atoms with Gasteiger partial charge in [0.05, 0.1) is 5.57 Å². The Morgan fingerprint density at radius 3 is 1.02 bits per heavy atom. The third-order valence-electron chi connectivity index (χ3n) is 4.39. The average molecular weight is 660 g/mol. The first kappa shape index (κ1) is 38.0. The Morgan fingerprint density at radius 2 is 0.756 bits per heavy atom. The summed E-state index contributed by atoms with van der Waals surface area (Å²) in [4.78, 5) is 21.3. The van der Waals surface area contributed by atoms with E-state index in [0.717, 1.165) is 0 Å². The van der Waals surface area contributed by atoms with E-state index in [1.54, 1.807) is 0 Å². The molecule has 240 valence electrons. The van der Waals surface area contributed by atoms with Crippen molar-refractivity contribution in [1.29, 1.82) is 0 Å². The average Bonchev–Trinajstić information content (AvgIpc) is 2.74. The molecule has 0 aromatic heterocycles. The lowest BCUT2D eigenvalue weighted by Crippen LogP contribution is -2.77. The molecule has 0 amide bonds. The van der Waals surface area contributed by atoms with Gasteiger partial charge in [0.1, 0.15) is 0 Å². The monoisotopic (exact) mass is 660 g/mol. The van der Waals surface area contributed by atoms with Crippen molar-refractivity contribution in [3.8, 4) is 0 Å². The fraction of sp³-hybridized carbons (Fsp3) is 0.625. The molecule has 41 heavy (non-hydrogen) atoms. The number of aliphatic carboxylic acids is 1. The lowest BCUT2D eigenvalue weighted by atomic mass is 9.87. The third-order valence-corrected chi connectivity index (χ3v) is 4.39. The summed E-state index contributed by atoms with van der Waals surface area (Å²) in [6.07, 6.45) is -16.2. The van der Waals surface area contributed by atoms with Crippen LogP contribution in [0.25, 0.3) is 0 Å². The number of carbonyl (C=O) groups excluding carboxylic acids is 1. The van der Waals surface area contributed by atoms with Gasteiger partial charge in [-0.1, -0.05) is 6.58 Å². The van der Waals surface area contributed by atoms with E-state index in [1.165, 1.54) is 0 Å². The van der Waals surface area contributed by atoms with Gasteiger partial charge < -0.3 is 9.84 Å². The molecule has 0 fully saturated rings. The molecule has 0 aromatic rings. The van der Waals surface area contributed by atoms with Crippen molar-refractivity contribution in [2.24, 2.45) is 0 Å². The van der Waals surface area contributed by atoms with Gasteiger partial charge in [-0.3, -0.25) is 0 Å². The lowest BCUT2D eigenvalue weighted by Gasteiger charge is -2.44. The number of alkyl halides is 21. The predicted molar refractivity (Wildman–Crippen MR) is 82.6 cm³/mol. The highest BCUT2D eigenvalue weighted by Crippen LogP contribution is 2.66. The number of rotatable bonds is 12. The number of esters is 1. The second kappa shape index (κ2) is 10.0. The van der Waals surface area contributed by atoms with Crippen molar-refractivity contribution in [2.45, 2.75) is 59.7 Å². The van der Waals surface area contributed by atoms with E-state index in [2.05, 4.69) is 11.3 Å². The number of carboxylic acids is 1. The van der Waals surface area contributed by atoms with Crippen molar-refractivity contribution in [3.63, 3.8) is 0 Å². The van der Waals surface area contributed by atoms with Crippen LogP contribution in [-0.2, 0) is 14.3 Å². The molecule has 25 heteroatoms. The molecule has 0 aliphatic heterocycles. The molecule has 0 heterocycles. The first-order valence-corrected chi connectivity index (χ1v) is 8.77. The molecule has 1 N–H and O–H groups in total. The van der Waals surface area contributed by atoms with Crippen LogP contribution >= 0.6 is 0 Å². The summed E-state index contributed by atoms with van der Waals surface area (Å²) in [5, 5.41) is 8.18. The van der Waals surface area contributed by atoms with Crippen molar-refractivity contribution >= 4 is 11.9 Å². The summed E-state index contributed by atoms with van der Waals surface area (Å²) in [6.45, 7) is 2.31. The number of carbonyl (C=O) groups is 2. The van der Waals surface area contributed by atoms with Crippen molar-refractivity contribution in [1.82, 2.24) is 0 Å². The topological polar surface area (TPSA) is 63.6 Å². The first-order valence-electron chi connectivity index (χ1n) is 8.77. The lowest BCUT2D eigenvalue weighted by molar-refractivity contribution is -0.482. The molecule has 0 spiro atoms. The van der Waals surface area contributed by atoms with Gasteiger partial charge in [0.2, 0.25) is 0 Å². The normalized spacial score (nSPS) is 15.7. The van der Waals surface area contributed by atoms with Crippen molar-refractivity contribution in [2.75, 3.05) is 0 Å². The smallest absolute Gasteiger partial charge is 0.473 e. The van der Waals surface area contributed by atoms with E-state index in [4.69, 9.17) is 5.11 Å². The SMILES string of the molecule is C=C(C=CC(=O)O)C(=O)OC(F)(F)C(F)(F)C(F)(F)C(F)(F)C(F)(F)C(F)(F)C(F)(F)C(F)(F)C(F)(F)C(F)(F)F. The Kier molecular flexibility index (Phi) is 9.30. The molecule has 0 aromatic carbocycles.